The fourth-order valence-electron chi connectivity index (χ4n) is 3.53. The van der Waals surface area contributed by atoms with E-state index in [1.807, 2.05) is 18.2 Å². The Kier molecular flexibility index (Phi) is 6.80. The van der Waals surface area contributed by atoms with Crippen LogP contribution in [-0.4, -0.2) is 63.5 Å². The van der Waals surface area contributed by atoms with E-state index in [0.29, 0.717) is 40.3 Å². The summed E-state index contributed by atoms with van der Waals surface area (Å²) in [4.78, 5) is 28.8. The molecule has 1 aliphatic rings. The van der Waals surface area contributed by atoms with Gasteiger partial charge in [-0.05, 0) is 36.2 Å². The number of amides is 2. The fraction of sp³-hybridized carbons (Fsp3) is 0.286. The number of carbonyl (C=O) groups is 1. The van der Waals surface area contributed by atoms with Crippen molar-refractivity contribution in [3.05, 3.63) is 51.4 Å². The van der Waals surface area contributed by atoms with Crippen LogP contribution < -0.4 is 11.1 Å². The highest BCUT2D eigenvalue weighted by Gasteiger charge is 2.19. The molecule has 3 aromatic rings. The number of nitrogens with zero attached hydrogens (tertiary/aromatic N) is 6. The number of hydrogen-bond donors (Lipinski definition) is 2. The molecule has 32 heavy (non-hydrogen) atoms. The topological polar surface area (TPSA) is 124 Å². The van der Waals surface area contributed by atoms with Crippen LogP contribution in [0.1, 0.15) is 10.4 Å². The van der Waals surface area contributed by atoms with Crippen LogP contribution in [0.2, 0.25) is 5.02 Å². The van der Waals surface area contributed by atoms with Crippen molar-refractivity contribution in [1.82, 2.24) is 24.8 Å². The number of hydrogen-bond acceptors (Lipinski definition) is 8. The molecule has 9 nitrogen and oxygen atoms in total. The number of rotatable bonds is 6. The third-order valence-electron chi connectivity index (χ3n) is 5.18. The molecule has 11 heteroatoms. The number of nitriles is 1. The smallest absolute Gasteiger partial charge is 0.314 e. The Bertz CT molecular complexity index is 1150. The van der Waals surface area contributed by atoms with Gasteiger partial charge in [-0.3, -0.25) is 4.90 Å². The Hall–Kier alpha value is -3.26. The van der Waals surface area contributed by atoms with Crippen LogP contribution in [-0.2, 0) is 6.42 Å². The molecule has 1 saturated heterocycles. The highest BCUT2D eigenvalue weighted by Crippen LogP contribution is 2.25. The molecule has 0 saturated carbocycles. The molecule has 164 valence electrons. The van der Waals surface area contributed by atoms with E-state index in [1.165, 1.54) is 11.3 Å². The number of aromatic nitrogens is 3. The summed E-state index contributed by atoms with van der Waals surface area (Å²) in [6.45, 7) is 3.77. The van der Waals surface area contributed by atoms with Crippen molar-refractivity contribution in [3.8, 4) is 17.5 Å². The van der Waals surface area contributed by atoms with Gasteiger partial charge in [0.25, 0.3) is 0 Å². The van der Waals surface area contributed by atoms with Gasteiger partial charge in [0, 0.05) is 49.6 Å². The summed E-state index contributed by atoms with van der Waals surface area (Å²) in [7, 11) is 0. The molecular weight excluding hydrogens is 448 g/mol. The lowest BCUT2D eigenvalue weighted by molar-refractivity contribution is 0.146. The van der Waals surface area contributed by atoms with Gasteiger partial charge in [0.1, 0.15) is 16.6 Å². The minimum Gasteiger partial charge on any atom is -0.351 e. The summed E-state index contributed by atoms with van der Waals surface area (Å²) >= 11 is 7.62. The van der Waals surface area contributed by atoms with Gasteiger partial charge in [-0.25, -0.2) is 19.7 Å². The van der Waals surface area contributed by atoms with Gasteiger partial charge in [0.15, 0.2) is 0 Å². The van der Waals surface area contributed by atoms with Gasteiger partial charge in [-0.15, -0.1) is 11.3 Å². The number of urea groups is 1. The van der Waals surface area contributed by atoms with Gasteiger partial charge in [-0.2, -0.15) is 5.26 Å². The van der Waals surface area contributed by atoms with Gasteiger partial charge >= 0.3 is 6.03 Å². The van der Waals surface area contributed by atoms with Crippen molar-refractivity contribution >= 4 is 40.6 Å². The number of nitrogens with one attached hydrogen (secondary N) is 1. The number of thiazole rings is 1. The van der Waals surface area contributed by atoms with Gasteiger partial charge in [0.2, 0.25) is 5.95 Å². The van der Waals surface area contributed by atoms with Crippen molar-refractivity contribution in [3.63, 3.8) is 0 Å². The summed E-state index contributed by atoms with van der Waals surface area (Å²) in [5, 5.41) is 13.0. The largest absolute Gasteiger partial charge is 0.351 e. The minimum absolute atomic E-state index is 0.361. The van der Waals surface area contributed by atoms with Crippen LogP contribution in [0.3, 0.4) is 0 Å². The quantitative estimate of drug-likeness (QED) is 0.569. The van der Waals surface area contributed by atoms with Crippen molar-refractivity contribution in [2.45, 2.75) is 6.42 Å². The Morgan fingerprint density at radius 3 is 2.81 bits per heavy atom. The van der Waals surface area contributed by atoms with Crippen molar-refractivity contribution in [2.75, 3.05) is 38.0 Å². The molecule has 0 bridgehead atoms. The fourth-order valence-corrected chi connectivity index (χ4v) is 4.38. The summed E-state index contributed by atoms with van der Waals surface area (Å²) in [6.07, 6.45) is 2.44. The average Bonchev–Trinajstić information content (AvgIpc) is 3.27. The first-order chi connectivity index (χ1) is 15.5. The standard InChI is InChI=1S/C21H21ClN8OS/c22-15-9-14(2-4-29-5-7-30(8-6-29)20(24)31)10-16(11-15)27-21-25-3-1-17(28-21)19-18(12-23)32-13-26-19/h1,3,9-11,13H,2,4-8H2,(H2,24,31)(H,25,27,28). The number of carbonyl (C=O) groups excluding carboxylic acids is 1. The lowest BCUT2D eigenvalue weighted by atomic mass is 10.1. The molecule has 0 unspecified atom stereocenters. The molecule has 0 atom stereocenters. The first kappa shape index (κ1) is 22.0. The molecular formula is C21H21ClN8OS. The summed E-state index contributed by atoms with van der Waals surface area (Å²) < 4.78 is 0. The first-order valence-corrected chi connectivity index (χ1v) is 11.3. The second kappa shape index (κ2) is 9.91. The Balaban J connectivity index is 1.42. The second-order valence-corrected chi connectivity index (χ2v) is 8.59. The normalized spacial score (nSPS) is 14.2. The summed E-state index contributed by atoms with van der Waals surface area (Å²) in [5.74, 6) is 0.398. The number of primary amides is 1. The van der Waals surface area contributed by atoms with E-state index in [2.05, 4.69) is 31.2 Å². The predicted molar refractivity (Wildman–Crippen MR) is 124 cm³/mol. The number of benzene rings is 1. The Morgan fingerprint density at radius 2 is 2.06 bits per heavy atom. The van der Waals surface area contributed by atoms with Crippen LogP contribution in [0.4, 0.5) is 16.4 Å². The van der Waals surface area contributed by atoms with Gasteiger partial charge < -0.3 is 16.0 Å². The second-order valence-electron chi connectivity index (χ2n) is 7.30. The lowest BCUT2D eigenvalue weighted by Gasteiger charge is -2.33. The van der Waals surface area contributed by atoms with E-state index in [1.54, 1.807) is 22.7 Å². The molecule has 3 N–H and O–H groups in total. The van der Waals surface area contributed by atoms with Crippen LogP contribution >= 0.6 is 22.9 Å². The molecule has 1 aliphatic heterocycles. The van der Waals surface area contributed by atoms with Crippen LogP contribution in [0.25, 0.3) is 11.4 Å². The maximum atomic E-state index is 11.3. The van der Waals surface area contributed by atoms with E-state index in [4.69, 9.17) is 17.3 Å². The van der Waals surface area contributed by atoms with Crippen LogP contribution in [0.15, 0.2) is 36.0 Å². The minimum atomic E-state index is -0.361. The molecule has 2 amide bonds. The number of halogens is 1. The van der Waals surface area contributed by atoms with Crippen LogP contribution in [0.5, 0.6) is 0 Å². The third kappa shape index (κ3) is 5.31. The third-order valence-corrected chi connectivity index (χ3v) is 6.13. The molecule has 1 aromatic carbocycles. The maximum absolute atomic E-state index is 11.3. The zero-order valence-corrected chi connectivity index (χ0v) is 18.7. The molecule has 2 aromatic heterocycles. The molecule has 1 fully saturated rings. The van der Waals surface area contributed by atoms with Gasteiger partial charge in [0.05, 0.1) is 11.2 Å². The summed E-state index contributed by atoms with van der Waals surface area (Å²) in [5.41, 5.74) is 9.96. The molecule has 4 rings (SSSR count). The highest BCUT2D eigenvalue weighted by atomic mass is 35.5. The lowest BCUT2D eigenvalue weighted by Crippen LogP contribution is -2.50. The molecule has 3 heterocycles. The molecule has 0 spiro atoms. The zero-order chi connectivity index (χ0) is 22.5. The van der Waals surface area contributed by atoms with E-state index < -0.39 is 0 Å². The first-order valence-electron chi connectivity index (χ1n) is 10.0. The number of nitrogens with two attached hydrogens (primary N) is 1. The maximum Gasteiger partial charge on any atom is 0.314 e. The van der Waals surface area contributed by atoms with Crippen molar-refractivity contribution in [2.24, 2.45) is 5.73 Å². The Labute approximate surface area is 194 Å². The van der Waals surface area contributed by atoms with Crippen molar-refractivity contribution < 1.29 is 4.79 Å². The zero-order valence-electron chi connectivity index (χ0n) is 17.2. The van der Waals surface area contributed by atoms with Crippen LogP contribution in [0, 0.1) is 11.3 Å². The van der Waals surface area contributed by atoms with E-state index >= 15 is 0 Å². The SMILES string of the molecule is N#Cc1scnc1-c1ccnc(Nc2cc(Cl)cc(CCN3CCN(C(N)=O)CC3)c2)n1. The average molecular weight is 469 g/mol. The van der Waals surface area contributed by atoms with Crippen molar-refractivity contribution in [1.29, 1.82) is 5.26 Å². The number of anilines is 2. The number of piperazine rings is 1. The molecule has 0 aliphatic carbocycles. The molecule has 0 radical (unpaired) electrons. The van der Waals surface area contributed by atoms with E-state index in [-0.39, 0.29) is 6.03 Å². The van der Waals surface area contributed by atoms with Gasteiger partial charge in [-0.1, -0.05) is 11.6 Å². The highest BCUT2D eigenvalue weighted by molar-refractivity contribution is 7.10. The monoisotopic (exact) mass is 468 g/mol. The van der Waals surface area contributed by atoms with E-state index in [9.17, 15) is 10.1 Å². The summed E-state index contributed by atoms with van der Waals surface area (Å²) in [6, 6.07) is 9.28. The van der Waals surface area contributed by atoms with E-state index in [0.717, 1.165) is 37.3 Å². The predicted octanol–water partition coefficient (Wildman–Crippen LogP) is 3.11. The Morgan fingerprint density at radius 1 is 1.25 bits per heavy atom.